The van der Waals surface area contributed by atoms with Gasteiger partial charge in [0.1, 0.15) is 11.0 Å². The highest BCUT2D eigenvalue weighted by Gasteiger charge is 2.10. The lowest BCUT2D eigenvalue weighted by Crippen LogP contribution is -2.15. The van der Waals surface area contributed by atoms with Crippen molar-refractivity contribution in [3.63, 3.8) is 0 Å². The molecule has 110 valence electrons. The Kier molecular flexibility index (Phi) is 4.81. The first-order chi connectivity index (χ1) is 9.99. The summed E-state index contributed by atoms with van der Waals surface area (Å²) in [6, 6.07) is 11.1. The molecule has 1 N–H and O–H groups in total. The summed E-state index contributed by atoms with van der Waals surface area (Å²) in [6.07, 6.45) is 0.973. The van der Waals surface area contributed by atoms with E-state index < -0.39 is 0 Å². The topological polar surface area (TPSA) is 45.2 Å². The summed E-state index contributed by atoms with van der Waals surface area (Å²) in [6.45, 7) is 2.09. The van der Waals surface area contributed by atoms with Gasteiger partial charge in [-0.05, 0) is 36.2 Å². The van der Waals surface area contributed by atoms with Gasteiger partial charge in [-0.1, -0.05) is 30.7 Å². The van der Waals surface area contributed by atoms with Gasteiger partial charge in [-0.15, -0.1) is 0 Å². The number of nitrogens with one attached hydrogen (secondary N) is 1. The molecule has 1 amide bonds. The molecule has 2 aromatic rings. The van der Waals surface area contributed by atoms with Gasteiger partial charge in [-0.3, -0.25) is 4.79 Å². The standard InChI is InChI=1S/C16H18ClN3O/c1-4-11-5-7-13(8-6-11)18-16(21)12-9-14(17)19-15(10-12)20(2)3/h5-10H,4H2,1-3H3,(H,18,21). The summed E-state index contributed by atoms with van der Waals surface area (Å²) in [5.74, 6) is 0.445. The number of benzene rings is 1. The molecule has 0 spiro atoms. The molecule has 4 nitrogen and oxygen atoms in total. The van der Waals surface area contributed by atoms with Crippen molar-refractivity contribution in [2.45, 2.75) is 13.3 Å². The van der Waals surface area contributed by atoms with E-state index in [-0.39, 0.29) is 5.91 Å². The van der Waals surface area contributed by atoms with E-state index in [4.69, 9.17) is 11.6 Å². The average molecular weight is 304 g/mol. The second-order valence-corrected chi connectivity index (χ2v) is 5.32. The highest BCUT2D eigenvalue weighted by atomic mass is 35.5. The fourth-order valence-electron chi connectivity index (χ4n) is 1.87. The fraction of sp³-hybridized carbons (Fsp3) is 0.250. The largest absolute Gasteiger partial charge is 0.363 e. The van der Waals surface area contributed by atoms with E-state index in [2.05, 4.69) is 17.2 Å². The van der Waals surface area contributed by atoms with E-state index in [0.29, 0.717) is 16.5 Å². The fourth-order valence-corrected chi connectivity index (χ4v) is 2.07. The summed E-state index contributed by atoms with van der Waals surface area (Å²) in [7, 11) is 3.70. The minimum atomic E-state index is -0.202. The Morgan fingerprint density at radius 1 is 1.24 bits per heavy atom. The van der Waals surface area contributed by atoms with Crippen LogP contribution in [0, 0.1) is 0 Å². The van der Waals surface area contributed by atoms with E-state index in [9.17, 15) is 4.79 Å². The van der Waals surface area contributed by atoms with E-state index in [1.54, 1.807) is 17.0 Å². The van der Waals surface area contributed by atoms with Gasteiger partial charge in [-0.25, -0.2) is 4.98 Å². The number of aromatic nitrogens is 1. The molecular weight excluding hydrogens is 286 g/mol. The summed E-state index contributed by atoms with van der Waals surface area (Å²) in [5, 5.41) is 3.16. The van der Waals surface area contributed by atoms with E-state index in [1.165, 1.54) is 5.56 Å². The van der Waals surface area contributed by atoms with Gasteiger partial charge >= 0.3 is 0 Å². The molecule has 0 saturated heterocycles. The van der Waals surface area contributed by atoms with Crippen LogP contribution in [0.2, 0.25) is 5.15 Å². The number of pyridine rings is 1. The van der Waals surface area contributed by atoms with E-state index in [1.807, 2.05) is 38.4 Å². The molecule has 1 aromatic carbocycles. The number of aryl methyl sites for hydroxylation is 1. The van der Waals surface area contributed by atoms with Crippen molar-refractivity contribution in [3.05, 3.63) is 52.7 Å². The van der Waals surface area contributed by atoms with Crippen LogP contribution < -0.4 is 10.2 Å². The molecule has 0 aliphatic rings. The van der Waals surface area contributed by atoms with Gasteiger partial charge in [0.15, 0.2) is 0 Å². The maximum atomic E-state index is 12.3. The third-order valence-electron chi connectivity index (χ3n) is 3.12. The minimum Gasteiger partial charge on any atom is -0.363 e. The highest BCUT2D eigenvalue weighted by Crippen LogP contribution is 2.18. The zero-order valence-electron chi connectivity index (χ0n) is 12.4. The second kappa shape index (κ2) is 6.59. The number of carbonyl (C=O) groups is 1. The third kappa shape index (κ3) is 3.95. The Labute approximate surface area is 129 Å². The first-order valence-electron chi connectivity index (χ1n) is 6.75. The van der Waals surface area contributed by atoms with E-state index >= 15 is 0 Å². The number of halogens is 1. The average Bonchev–Trinajstić information content (AvgIpc) is 2.47. The second-order valence-electron chi connectivity index (χ2n) is 4.94. The number of hydrogen-bond donors (Lipinski definition) is 1. The number of rotatable bonds is 4. The van der Waals surface area contributed by atoms with Gasteiger partial charge in [-0.2, -0.15) is 0 Å². The van der Waals surface area contributed by atoms with Crippen LogP contribution in [0.1, 0.15) is 22.8 Å². The summed E-state index contributed by atoms with van der Waals surface area (Å²) < 4.78 is 0. The number of anilines is 2. The van der Waals surface area contributed by atoms with Gasteiger partial charge in [0, 0.05) is 25.3 Å². The zero-order valence-corrected chi connectivity index (χ0v) is 13.1. The number of amides is 1. The summed E-state index contributed by atoms with van der Waals surface area (Å²) in [4.78, 5) is 18.2. The lowest BCUT2D eigenvalue weighted by molar-refractivity contribution is 0.102. The monoisotopic (exact) mass is 303 g/mol. The van der Waals surface area contributed by atoms with Crippen LogP contribution in [0.5, 0.6) is 0 Å². The molecule has 0 radical (unpaired) electrons. The number of hydrogen-bond acceptors (Lipinski definition) is 3. The van der Waals surface area contributed by atoms with Crippen molar-refractivity contribution in [1.82, 2.24) is 4.98 Å². The Hall–Kier alpha value is -2.07. The van der Waals surface area contributed by atoms with Gasteiger partial charge in [0.05, 0.1) is 0 Å². The maximum Gasteiger partial charge on any atom is 0.255 e. The van der Waals surface area contributed by atoms with Crippen LogP contribution in [0.4, 0.5) is 11.5 Å². The van der Waals surface area contributed by atoms with Crippen molar-refractivity contribution < 1.29 is 4.79 Å². The summed E-state index contributed by atoms with van der Waals surface area (Å²) >= 11 is 5.96. The number of carbonyl (C=O) groups excluding carboxylic acids is 1. The highest BCUT2D eigenvalue weighted by molar-refractivity contribution is 6.30. The molecule has 5 heteroatoms. The van der Waals surface area contributed by atoms with Crippen molar-refractivity contribution in [3.8, 4) is 0 Å². The predicted molar refractivity (Wildman–Crippen MR) is 87.3 cm³/mol. The van der Waals surface area contributed by atoms with Crippen LogP contribution in [0.25, 0.3) is 0 Å². The van der Waals surface area contributed by atoms with Crippen LogP contribution in [0.3, 0.4) is 0 Å². The molecule has 0 aliphatic carbocycles. The van der Waals surface area contributed by atoms with Crippen LogP contribution >= 0.6 is 11.6 Å². The third-order valence-corrected chi connectivity index (χ3v) is 3.31. The summed E-state index contributed by atoms with van der Waals surface area (Å²) in [5.41, 5.74) is 2.48. The Balaban J connectivity index is 2.19. The lowest BCUT2D eigenvalue weighted by Gasteiger charge is -2.13. The van der Waals surface area contributed by atoms with Crippen LogP contribution in [-0.2, 0) is 6.42 Å². The molecule has 0 aliphatic heterocycles. The zero-order chi connectivity index (χ0) is 15.4. The van der Waals surface area contributed by atoms with Crippen molar-refractivity contribution >= 4 is 29.0 Å². The van der Waals surface area contributed by atoms with Crippen molar-refractivity contribution in [2.24, 2.45) is 0 Å². The van der Waals surface area contributed by atoms with Crippen molar-refractivity contribution in [1.29, 1.82) is 0 Å². The molecule has 0 bridgehead atoms. The Morgan fingerprint density at radius 3 is 2.48 bits per heavy atom. The number of nitrogens with zero attached hydrogens (tertiary/aromatic N) is 2. The quantitative estimate of drug-likeness (QED) is 0.878. The molecule has 21 heavy (non-hydrogen) atoms. The Bertz CT molecular complexity index is 638. The van der Waals surface area contributed by atoms with Crippen LogP contribution in [0.15, 0.2) is 36.4 Å². The van der Waals surface area contributed by atoms with Gasteiger partial charge < -0.3 is 10.2 Å². The minimum absolute atomic E-state index is 0.202. The van der Waals surface area contributed by atoms with Gasteiger partial charge in [0.2, 0.25) is 0 Å². The molecule has 1 heterocycles. The molecule has 1 aromatic heterocycles. The first-order valence-corrected chi connectivity index (χ1v) is 7.12. The normalized spacial score (nSPS) is 10.3. The van der Waals surface area contributed by atoms with Crippen molar-refractivity contribution in [2.75, 3.05) is 24.3 Å². The molecule has 0 fully saturated rings. The maximum absolute atomic E-state index is 12.3. The first kappa shape index (κ1) is 15.3. The smallest absolute Gasteiger partial charge is 0.255 e. The molecule has 2 rings (SSSR count). The van der Waals surface area contributed by atoms with Crippen LogP contribution in [-0.4, -0.2) is 25.0 Å². The molecule has 0 unspecified atom stereocenters. The molecule has 0 atom stereocenters. The SMILES string of the molecule is CCc1ccc(NC(=O)c2cc(Cl)nc(N(C)C)c2)cc1. The van der Waals surface area contributed by atoms with Gasteiger partial charge in [0.25, 0.3) is 5.91 Å². The molecule has 0 saturated carbocycles. The Morgan fingerprint density at radius 2 is 1.90 bits per heavy atom. The molecular formula is C16H18ClN3O. The predicted octanol–water partition coefficient (Wildman–Crippen LogP) is 3.62. The van der Waals surface area contributed by atoms with E-state index in [0.717, 1.165) is 12.1 Å². The lowest BCUT2D eigenvalue weighted by atomic mass is 10.1.